The fourth-order valence-corrected chi connectivity index (χ4v) is 4.36. The molecule has 0 unspecified atom stereocenters. The second kappa shape index (κ2) is 7.17. The molecule has 2 atom stereocenters. The van der Waals surface area contributed by atoms with Crippen LogP contribution in [0.3, 0.4) is 0 Å². The topological polar surface area (TPSA) is 63.5 Å². The van der Waals surface area contributed by atoms with E-state index in [0.29, 0.717) is 6.42 Å². The number of ketones is 1. The Morgan fingerprint density at radius 3 is 2.55 bits per heavy atom. The summed E-state index contributed by atoms with van der Waals surface area (Å²) in [6.45, 7) is 0. The Bertz CT molecular complexity index is 1090. The molecule has 1 aliphatic heterocycles. The summed E-state index contributed by atoms with van der Waals surface area (Å²) in [7, 11) is 1.66. The zero-order chi connectivity index (χ0) is 19.8. The number of furan rings is 1. The van der Waals surface area contributed by atoms with Gasteiger partial charge >= 0.3 is 0 Å². The summed E-state index contributed by atoms with van der Waals surface area (Å²) in [6.07, 6.45) is 2.81. The lowest BCUT2D eigenvalue weighted by atomic mass is 9.80. The van der Waals surface area contributed by atoms with Crippen molar-refractivity contribution in [2.45, 2.75) is 24.8 Å². The van der Waals surface area contributed by atoms with Crippen molar-refractivity contribution in [2.75, 3.05) is 17.7 Å². The van der Waals surface area contributed by atoms with Gasteiger partial charge in [0, 0.05) is 29.2 Å². The molecule has 0 amide bonds. The molecule has 2 aliphatic rings. The van der Waals surface area contributed by atoms with Crippen molar-refractivity contribution < 1.29 is 13.9 Å². The Morgan fingerprint density at radius 1 is 0.966 bits per heavy atom. The number of benzene rings is 2. The van der Waals surface area contributed by atoms with Gasteiger partial charge in [-0.25, -0.2) is 0 Å². The monoisotopic (exact) mass is 386 g/mol. The van der Waals surface area contributed by atoms with Gasteiger partial charge in [-0.15, -0.1) is 0 Å². The van der Waals surface area contributed by atoms with Gasteiger partial charge in [-0.05, 0) is 36.8 Å². The van der Waals surface area contributed by atoms with Crippen molar-refractivity contribution in [1.82, 2.24) is 0 Å². The minimum absolute atomic E-state index is 0.0346. The Kier molecular flexibility index (Phi) is 4.35. The van der Waals surface area contributed by atoms with E-state index in [0.717, 1.165) is 46.1 Å². The summed E-state index contributed by atoms with van der Waals surface area (Å²) in [5.41, 5.74) is 4.58. The van der Waals surface area contributed by atoms with Crippen molar-refractivity contribution in [1.29, 1.82) is 0 Å². The molecule has 1 aliphatic carbocycles. The van der Waals surface area contributed by atoms with Crippen LogP contribution in [-0.2, 0) is 4.79 Å². The summed E-state index contributed by atoms with van der Waals surface area (Å²) in [5, 5.41) is 7.12. The largest absolute Gasteiger partial charge is 0.496 e. The number of Topliss-reactive ketones (excluding diaryl/α,β-unsaturated/α-hetero) is 1. The van der Waals surface area contributed by atoms with E-state index in [1.165, 1.54) is 0 Å². The molecule has 0 radical (unpaired) electrons. The smallest absolute Gasteiger partial charge is 0.163 e. The number of para-hydroxylation sites is 3. The maximum absolute atomic E-state index is 13.4. The third-order valence-electron chi connectivity index (χ3n) is 5.70. The maximum Gasteiger partial charge on any atom is 0.163 e. The average molecular weight is 386 g/mol. The van der Waals surface area contributed by atoms with Crippen LogP contribution in [0.25, 0.3) is 0 Å². The van der Waals surface area contributed by atoms with Gasteiger partial charge in [-0.3, -0.25) is 4.79 Å². The molecule has 0 spiro atoms. The van der Waals surface area contributed by atoms with Gasteiger partial charge in [0.05, 0.1) is 30.8 Å². The van der Waals surface area contributed by atoms with E-state index in [9.17, 15) is 4.79 Å². The molecular weight excluding hydrogens is 364 g/mol. The highest BCUT2D eigenvalue weighted by Gasteiger charge is 2.37. The predicted molar refractivity (Wildman–Crippen MR) is 112 cm³/mol. The van der Waals surface area contributed by atoms with E-state index >= 15 is 0 Å². The predicted octanol–water partition coefficient (Wildman–Crippen LogP) is 5.27. The highest BCUT2D eigenvalue weighted by atomic mass is 16.5. The van der Waals surface area contributed by atoms with Crippen LogP contribution in [0, 0.1) is 0 Å². The van der Waals surface area contributed by atoms with Gasteiger partial charge in [-0.2, -0.15) is 0 Å². The zero-order valence-corrected chi connectivity index (χ0v) is 16.1. The van der Waals surface area contributed by atoms with Crippen LogP contribution in [0.1, 0.15) is 36.1 Å². The molecular formula is C24H22N2O3. The minimum Gasteiger partial charge on any atom is -0.496 e. The highest BCUT2D eigenvalue weighted by molar-refractivity contribution is 6.01. The number of methoxy groups -OCH3 is 1. The number of carbonyl (C=O) groups excluding carboxylic acids is 1. The summed E-state index contributed by atoms with van der Waals surface area (Å²) < 4.78 is 11.2. The van der Waals surface area contributed by atoms with Crippen molar-refractivity contribution in [2.24, 2.45) is 0 Å². The number of allylic oxidation sites excluding steroid dienone is 1. The van der Waals surface area contributed by atoms with E-state index in [1.54, 1.807) is 13.4 Å². The average Bonchev–Trinajstić information content (AvgIpc) is 3.23. The molecule has 3 aromatic rings. The molecule has 2 heterocycles. The van der Waals surface area contributed by atoms with Gasteiger partial charge in [-0.1, -0.05) is 30.3 Å². The Labute approximate surface area is 169 Å². The SMILES string of the molecule is COc1ccccc1[C@H]1Nc2ccccc2NC2=C1C(=O)C[C@@H](c1ccco1)C2. The van der Waals surface area contributed by atoms with E-state index in [2.05, 4.69) is 10.6 Å². The van der Waals surface area contributed by atoms with Gasteiger partial charge in [0.25, 0.3) is 0 Å². The quantitative estimate of drug-likeness (QED) is 0.642. The van der Waals surface area contributed by atoms with Gasteiger partial charge < -0.3 is 19.8 Å². The number of anilines is 2. The van der Waals surface area contributed by atoms with E-state index in [-0.39, 0.29) is 17.7 Å². The van der Waals surface area contributed by atoms with E-state index in [1.807, 2.05) is 60.7 Å². The Balaban J connectivity index is 1.65. The summed E-state index contributed by atoms with van der Waals surface area (Å²) in [6, 6.07) is 19.4. The highest BCUT2D eigenvalue weighted by Crippen LogP contribution is 2.45. The van der Waals surface area contributed by atoms with Gasteiger partial charge in [0.15, 0.2) is 5.78 Å². The molecule has 2 N–H and O–H groups in total. The number of ether oxygens (including phenoxy) is 1. The molecule has 0 saturated heterocycles. The first kappa shape index (κ1) is 17.6. The molecule has 5 rings (SSSR count). The van der Waals surface area contributed by atoms with Crippen molar-refractivity contribution in [3.63, 3.8) is 0 Å². The van der Waals surface area contributed by atoms with Crippen LogP contribution in [-0.4, -0.2) is 12.9 Å². The maximum atomic E-state index is 13.4. The molecule has 0 saturated carbocycles. The molecule has 146 valence electrons. The lowest BCUT2D eigenvalue weighted by Gasteiger charge is -2.29. The van der Waals surface area contributed by atoms with Crippen LogP contribution in [0.4, 0.5) is 11.4 Å². The van der Waals surface area contributed by atoms with Crippen LogP contribution in [0.5, 0.6) is 5.75 Å². The molecule has 0 fully saturated rings. The normalized spacial score (nSPS) is 20.8. The van der Waals surface area contributed by atoms with E-state index in [4.69, 9.17) is 9.15 Å². The zero-order valence-electron chi connectivity index (χ0n) is 16.1. The minimum atomic E-state index is -0.289. The fraction of sp³-hybridized carbons (Fsp3) is 0.208. The van der Waals surface area contributed by atoms with Gasteiger partial charge in [0.2, 0.25) is 0 Å². The number of carbonyl (C=O) groups is 1. The van der Waals surface area contributed by atoms with Crippen LogP contribution in [0.15, 0.2) is 82.6 Å². The van der Waals surface area contributed by atoms with Crippen molar-refractivity contribution in [3.8, 4) is 5.75 Å². The molecule has 5 heteroatoms. The number of fused-ring (bicyclic) bond motifs is 1. The molecule has 1 aromatic heterocycles. The third-order valence-corrected chi connectivity index (χ3v) is 5.70. The molecule has 0 bridgehead atoms. The first-order valence-corrected chi connectivity index (χ1v) is 9.79. The van der Waals surface area contributed by atoms with Gasteiger partial charge in [0.1, 0.15) is 11.5 Å². The van der Waals surface area contributed by atoms with Crippen LogP contribution < -0.4 is 15.4 Å². The lowest BCUT2D eigenvalue weighted by Crippen LogP contribution is -2.27. The van der Waals surface area contributed by atoms with Crippen LogP contribution in [0.2, 0.25) is 0 Å². The number of rotatable bonds is 3. The summed E-state index contributed by atoms with van der Waals surface area (Å²) >= 11 is 0. The second-order valence-corrected chi connectivity index (χ2v) is 7.43. The first-order chi connectivity index (χ1) is 14.2. The lowest BCUT2D eigenvalue weighted by molar-refractivity contribution is -0.116. The van der Waals surface area contributed by atoms with E-state index < -0.39 is 0 Å². The summed E-state index contributed by atoms with van der Waals surface area (Å²) in [4.78, 5) is 13.4. The van der Waals surface area contributed by atoms with Crippen LogP contribution >= 0.6 is 0 Å². The number of hydrogen-bond donors (Lipinski definition) is 2. The number of nitrogens with one attached hydrogen (secondary N) is 2. The Morgan fingerprint density at radius 2 is 1.76 bits per heavy atom. The molecule has 2 aromatic carbocycles. The molecule has 5 nitrogen and oxygen atoms in total. The Hall–Kier alpha value is -3.47. The van der Waals surface area contributed by atoms with Crippen molar-refractivity contribution in [3.05, 3.63) is 89.5 Å². The third kappa shape index (κ3) is 3.09. The number of hydrogen-bond acceptors (Lipinski definition) is 5. The second-order valence-electron chi connectivity index (χ2n) is 7.43. The van der Waals surface area contributed by atoms with Crippen molar-refractivity contribution >= 4 is 17.2 Å². The standard InChI is InChI=1S/C24H22N2O3/c1-28-22-10-5-2-7-16(22)24-23-19(25-17-8-3-4-9-18(17)26-24)13-15(14-20(23)27)21-11-6-12-29-21/h2-12,15,24-26H,13-14H2,1H3/t15-,24+/m0/s1. The first-order valence-electron chi connectivity index (χ1n) is 9.79. The molecule has 29 heavy (non-hydrogen) atoms. The summed E-state index contributed by atoms with van der Waals surface area (Å²) in [5.74, 6) is 1.77. The fourth-order valence-electron chi connectivity index (χ4n) is 4.36.